The standard InChI is InChI=1S/C11H13FN2OS/c1-7(15)14(2)10(11(13)16)8-3-5-9(12)6-4-8/h3-6,10H,1-2H3,(H2,13,16). The Morgan fingerprint density at radius 3 is 2.31 bits per heavy atom. The van der Waals surface area contributed by atoms with E-state index in [0.717, 1.165) is 0 Å². The van der Waals surface area contributed by atoms with Crippen LogP contribution >= 0.6 is 12.2 Å². The van der Waals surface area contributed by atoms with Crippen LogP contribution in [0.4, 0.5) is 4.39 Å². The zero-order valence-electron chi connectivity index (χ0n) is 9.11. The molecule has 1 rings (SSSR count). The lowest BCUT2D eigenvalue weighted by Crippen LogP contribution is -2.37. The third kappa shape index (κ3) is 2.76. The number of thiocarbonyl (C=S) groups is 1. The number of amides is 1. The summed E-state index contributed by atoms with van der Waals surface area (Å²) in [5.41, 5.74) is 6.29. The Kier molecular flexibility index (Phi) is 3.95. The first-order valence-electron chi connectivity index (χ1n) is 4.71. The maximum atomic E-state index is 12.8. The highest BCUT2D eigenvalue weighted by Crippen LogP contribution is 2.20. The van der Waals surface area contributed by atoms with Gasteiger partial charge in [0.15, 0.2) is 0 Å². The zero-order chi connectivity index (χ0) is 12.3. The maximum absolute atomic E-state index is 12.8. The molecule has 1 aromatic rings. The Hall–Kier alpha value is -1.49. The predicted molar refractivity (Wildman–Crippen MR) is 64.4 cm³/mol. The second kappa shape index (κ2) is 5.03. The van der Waals surface area contributed by atoms with Gasteiger partial charge in [-0.25, -0.2) is 4.39 Å². The SMILES string of the molecule is CC(=O)N(C)C(C(N)=S)c1ccc(F)cc1. The Labute approximate surface area is 99.0 Å². The molecule has 0 heterocycles. The lowest BCUT2D eigenvalue weighted by atomic mass is 10.1. The molecule has 1 amide bonds. The van der Waals surface area contributed by atoms with Crippen LogP contribution in [0.15, 0.2) is 24.3 Å². The van der Waals surface area contributed by atoms with Crippen LogP contribution in [0, 0.1) is 5.82 Å². The van der Waals surface area contributed by atoms with Gasteiger partial charge in [0, 0.05) is 14.0 Å². The van der Waals surface area contributed by atoms with Crippen molar-refractivity contribution in [1.29, 1.82) is 0 Å². The molecule has 16 heavy (non-hydrogen) atoms. The van der Waals surface area contributed by atoms with Crippen molar-refractivity contribution in [2.24, 2.45) is 5.73 Å². The minimum atomic E-state index is -0.493. The summed E-state index contributed by atoms with van der Waals surface area (Å²) in [6.45, 7) is 1.43. The second-order valence-electron chi connectivity index (χ2n) is 3.49. The Balaban J connectivity index is 3.07. The fraction of sp³-hybridized carbons (Fsp3) is 0.273. The number of carbonyl (C=O) groups excluding carboxylic acids is 1. The van der Waals surface area contributed by atoms with Gasteiger partial charge in [0.05, 0.1) is 0 Å². The average Bonchev–Trinajstić information content (AvgIpc) is 2.20. The van der Waals surface area contributed by atoms with Crippen LogP contribution in [-0.4, -0.2) is 22.8 Å². The summed E-state index contributed by atoms with van der Waals surface area (Å²) in [6, 6.07) is 5.27. The largest absolute Gasteiger partial charge is 0.391 e. The van der Waals surface area contributed by atoms with E-state index in [1.807, 2.05) is 0 Å². The van der Waals surface area contributed by atoms with Gasteiger partial charge in [0.1, 0.15) is 16.8 Å². The first kappa shape index (κ1) is 12.6. The maximum Gasteiger partial charge on any atom is 0.220 e. The average molecular weight is 240 g/mol. The van der Waals surface area contributed by atoms with Crippen molar-refractivity contribution in [1.82, 2.24) is 4.90 Å². The number of halogens is 1. The van der Waals surface area contributed by atoms with Gasteiger partial charge in [-0.2, -0.15) is 0 Å². The van der Waals surface area contributed by atoms with Crippen LogP contribution in [0.3, 0.4) is 0 Å². The summed E-state index contributed by atoms with van der Waals surface area (Å²) < 4.78 is 12.8. The highest BCUT2D eigenvalue weighted by Gasteiger charge is 2.21. The molecule has 0 aromatic heterocycles. The van der Waals surface area contributed by atoms with E-state index >= 15 is 0 Å². The van der Waals surface area contributed by atoms with E-state index in [4.69, 9.17) is 18.0 Å². The lowest BCUT2D eigenvalue weighted by molar-refractivity contribution is -0.128. The minimum Gasteiger partial charge on any atom is -0.391 e. The molecule has 0 fully saturated rings. The smallest absolute Gasteiger partial charge is 0.220 e. The third-order valence-corrected chi connectivity index (χ3v) is 2.56. The van der Waals surface area contributed by atoms with Crippen molar-refractivity contribution >= 4 is 23.1 Å². The van der Waals surface area contributed by atoms with Crippen molar-refractivity contribution in [3.63, 3.8) is 0 Å². The minimum absolute atomic E-state index is 0.151. The van der Waals surface area contributed by atoms with E-state index in [1.54, 1.807) is 19.2 Å². The summed E-state index contributed by atoms with van der Waals surface area (Å²) in [5.74, 6) is -0.488. The number of rotatable bonds is 3. The van der Waals surface area contributed by atoms with Crippen molar-refractivity contribution < 1.29 is 9.18 Å². The zero-order valence-corrected chi connectivity index (χ0v) is 9.92. The molecule has 2 N–H and O–H groups in total. The lowest BCUT2D eigenvalue weighted by Gasteiger charge is -2.26. The van der Waals surface area contributed by atoms with Crippen LogP contribution in [-0.2, 0) is 4.79 Å². The molecule has 0 radical (unpaired) electrons. The topological polar surface area (TPSA) is 46.3 Å². The number of carbonyl (C=O) groups is 1. The van der Waals surface area contributed by atoms with Crippen LogP contribution in [0.5, 0.6) is 0 Å². The number of hydrogen-bond donors (Lipinski definition) is 1. The fourth-order valence-corrected chi connectivity index (χ4v) is 1.70. The Bertz CT molecular complexity index is 405. The molecule has 5 heteroatoms. The molecule has 1 aromatic carbocycles. The monoisotopic (exact) mass is 240 g/mol. The molecule has 0 saturated heterocycles. The molecule has 1 unspecified atom stereocenters. The fourth-order valence-electron chi connectivity index (χ4n) is 1.41. The quantitative estimate of drug-likeness (QED) is 0.817. The van der Waals surface area contributed by atoms with Crippen molar-refractivity contribution in [2.45, 2.75) is 13.0 Å². The summed E-state index contributed by atoms with van der Waals surface area (Å²) >= 11 is 4.92. The van der Waals surface area contributed by atoms with Gasteiger partial charge in [-0.1, -0.05) is 24.4 Å². The molecule has 0 aliphatic heterocycles. The first-order chi connectivity index (χ1) is 7.43. The number of benzene rings is 1. The van der Waals surface area contributed by atoms with Crippen LogP contribution in [0.1, 0.15) is 18.5 Å². The van der Waals surface area contributed by atoms with E-state index in [2.05, 4.69) is 0 Å². The third-order valence-electron chi connectivity index (χ3n) is 2.34. The van der Waals surface area contributed by atoms with Gasteiger partial charge in [-0.05, 0) is 17.7 Å². The molecule has 0 saturated carbocycles. The molecule has 1 atom stereocenters. The Morgan fingerprint density at radius 1 is 1.44 bits per heavy atom. The highest BCUT2D eigenvalue weighted by atomic mass is 32.1. The molecule has 0 aliphatic rings. The summed E-state index contributed by atoms with van der Waals surface area (Å²) in [5, 5.41) is 0. The normalized spacial score (nSPS) is 11.9. The summed E-state index contributed by atoms with van der Waals surface area (Å²) in [6.07, 6.45) is 0. The summed E-state index contributed by atoms with van der Waals surface area (Å²) in [7, 11) is 1.61. The number of hydrogen-bond acceptors (Lipinski definition) is 2. The van der Waals surface area contributed by atoms with Gasteiger partial charge >= 0.3 is 0 Å². The van der Waals surface area contributed by atoms with E-state index in [9.17, 15) is 9.18 Å². The van der Waals surface area contributed by atoms with E-state index < -0.39 is 6.04 Å². The molecule has 3 nitrogen and oxygen atoms in total. The highest BCUT2D eigenvalue weighted by molar-refractivity contribution is 7.80. The molecular formula is C11H13FN2OS. The van der Waals surface area contributed by atoms with Crippen LogP contribution in [0.25, 0.3) is 0 Å². The van der Waals surface area contributed by atoms with Crippen LogP contribution in [0.2, 0.25) is 0 Å². The number of nitrogens with zero attached hydrogens (tertiary/aromatic N) is 1. The van der Waals surface area contributed by atoms with E-state index in [-0.39, 0.29) is 16.7 Å². The van der Waals surface area contributed by atoms with Crippen molar-refractivity contribution in [3.8, 4) is 0 Å². The van der Waals surface area contributed by atoms with Gasteiger partial charge < -0.3 is 10.6 Å². The van der Waals surface area contributed by atoms with E-state index in [0.29, 0.717) is 5.56 Å². The summed E-state index contributed by atoms with van der Waals surface area (Å²) in [4.78, 5) is 12.9. The molecule has 0 aliphatic carbocycles. The van der Waals surface area contributed by atoms with Gasteiger partial charge in [0.2, 0.25) is 5.91 Å². The van der Waals surface area contributed by atoms with Crippen molar-refractivity contribution in [2.75, 3.05) is 7.05 Å². The van der Waals surface area contributed by atoms with Crippen LogP contribution < -0.4 is 5.73 Å². The molecule has 0 bridgehead atoms. The second-order valence-corrected chi connectivity index (χ2v) is 3.96. The first-order valence-corrected chi connectivity index (χ1v) is 5.12. The Morgan fingerprint density at radius 2 is 1.94 bits per heavy atom. The predicted octanol–water partition coefficient (Wildman–Crippen LogP) is 1.63. The molecular weight excluding hydrogens is 227 g/mol. The number of likely N-dealkylation sites (N-methyl/N-ethyl adjacent to an activating group) is 1. The number of nitrogens with two attached hydrogens (primary N) is 1. The molecule has 0 spiro atoms. The van der Waals surface area contributed by atoms with Gasteiger partial charge in [-0.3, -0.25) is 4.79 Å². The van der Waals surface area contributed by atoms with Gasteiger partial charge in [0.25, 0.3) is 0 Å². The van der Waals surface area contributed by atoms with Gasteiger partial charge in [-0.15, -0.1) is 0 Å². The van der Waals surface area contributed by atoms with Crippen molar-refractivity contribution in [3.05, 3.63) is 35.6 Å². The molecule has 86 valence electrons. The van der Waals surface area contributed by atoms with E-state index in [1.165, 1.54) is 24.0 Å².